The first kappa shape index (κ1) is 21.6. The fraction of sp³-hybridized carbons (Fsp3) is 0.588. The van der Waals surface area contributed by atoms with E-state index in [0.717, 1.165) is 24.7 Å². The zero-order chi connectivity index (χ0) is 20.2. The first-order chi connectivity index (χ1) is 12.5. The molecule has 0 radical (unpaired) electrons. The molecule has 152 valence electrons. The topological polar surface area (TPSA) is 69.7 Å². The summed E-state index contributed by atoms with van der Waals surface area (Å²) in [7, 11) is -4.21. The van der Waals surface area contributed by atoms with E-state index in [1.54, 1.807) is 4.90 Å². The van der Waals surface area contributed by atoms with Gasteiger partial charge in [0, 0.05) is 32.7 Å². The Hall–Kier alpha value is -1.65. The van der Waals surface area contributed by atoms with E-state index in [-0.39, 0.29) is 0 Å². The van der Waals surface area contributed by atoms with Crippen molar-refractivity contribution < 1.29 is 26.4 Å². The number of nitrogens with zero attached hydrogens (tertiary/aromatic N) is 2. The molecular formula is C17H24F3N3O3S. The Labute approximate surface area is 157 Å². The number of hydrogen-bond donors (Lipinski definition) is 1. The lowest BCUT2D eigenvalue weighted by Crippen LogP contribution is -2.51. The van der Waals surface area contributed by atoms with Crippen molar-refractivity contribution in [2.75, 3.05) is 39.3 Å². The predicted molar refractivity (Wildman–Crippen MR) is 94.5 cm³/mol. The number of piperazine rings is 1. The van der Waals surface area contributed by atoms with Crippen LogP contribution in [-0.2, 0) is 21.0 Å². The highest BCUT2D eigenvalue weighted by Crippen LogP contribution is 2.30. The van der Waals surface area contributed by atoms with Gasteiger partial charge in [0.15, 0.2) is 0 Å². The maximum atomic E-state index is 12.7. The Balaban J connectivity index is 1.93. The van der Waals surface area contributed by atoms with Gasteiger partial charge in [-0.1, -0.05) is 19.9 Å². The van der Waals surface area contributed by atoms with E-state index in [0.29, 0.717) is 38.2 Å². The third kappa shape index (κ3) is 6.18. The third-order valence-electron chi connectivity index (χ3n) is 4.23. The molecule has 1 aliphatic heterocycles. The zero-order valence-corrected chi connectivity index (χ0v) is 16.1. The Morgan fingerprint density at radius 2 is 1.81 bits per heavy atom. The summed E-state index contributed by atoms with van der Waals surface area (Å²) < 4.78 is 64.8. The minimum Gasteiger partial charge on any atom is -0.339 e. The van der Waals surface area contributed by atoms with Crippen LogP contribution < -0.4 is 4.72 Å². The fourth-order valence-electron chi connectivity index (χ4n) is 2.89. The standard InChI is InChI=1S/C17H24F3N3O3S/c1-13(2)12-22-6-8-23(9-7-22)16(24)11-21-27(25,26)15-5-3-4-14(10-15)17(18,19)20/h3-5,10,13,21H,6-9,11-12H2,1-2H3. The summed E-state index contributed by atoms with van der Waals surface area (Å²) in [5.41, 5.74) is -1.06. The van der Waals surface area contributed by atoms with Crippen LogP contribution in [0.15, 0.2) is 29.2 Å². The molecule has 1 aromatic rings. The van der Waals surface area contributed by atoms with Crippen molar-refractivity contribution in [1.82, 2.24) is 14.5 Å². The van der Waals surface area contributed by atoms with Crippen LogP contribution in [0.5, 0.6) is 0 Å². The molecule has 1 amide bonds. The molecule has 0 atom stereocenters. The minimum atomic E-state index is -4.64. The Bertz CT molecular complexity index is 758. The molecule has 10 heteroatoms. The van der Waals surface area contributed by atoms with Crippen molar-refractivity contribution in [3.63, 3.8) is 0 Å². The molecule has 0 spiro atoms. The average molecular weight is 407 g/mol. The summed E-state index contributed by atoms with van der Waals surface area (Å²) in [4.78, 5) is 15.5. The van der Waals surface area contributed by atoms with Gasteiger partial charge in [-0.15, -0.1) is 0 Å². The largest absolute Gasteiger partial charge is 0.416 e. The molecule has 1 N–H and O–H groups in total. The molecule has 1 saturated heterocycles. The highest BCUT2D eigenvalue weighted by molar-refractivity contribution is 7.89. The monoisotopic (exact) mass is 407 g/mol. The van der Waals surface area contributed by atoms with Crippen molar-refractivity contribution in [3.05, 3.63) is 29.8 Å². The summed E-state index contributed by atoms with van der Waals surface area (Å²) in [6.07, 6.45) is -4.64. The lowest BCUT2D eigenvalue weighted by atomic mass is 10.2. The number of sulfonamides is 1. The number of nitrogens with one attached hydrogen (secondary N) is 1. The first-order valence-corrected chi connectivity index (χ1v) is 10.1. The Morgan fingerprint density at radius 3 is 2.37 bits per heavy atom. The number of benzene rings is 1. The third-order valence-corrected chi connectivity index (χ3v) is 5.63. The SMILES string of the molecule is CC(C)CN1CCN(C(=O)CNS(=O)(=O)c2cccc(C(F)(F)F)c2)CC1. The van der Waals surface area contributed by atoms with Crippen LogP contribution >= 0.6 is 0 Å². The number of amides is 1. The van der Waals surface area contributed by atoms with Crippen molar-refractivity contribution in [2.45, 2.75) is 24.9 Å². The predicted octanol–water partition coefficient (Wildman–Crippen LogP) is 1.78. The molecule has 0 aliphatic carbocycles. The van der Waals surface area contributed by atoms with Crippen LogP contribution in [-0.4, -0.2) is 63.4 Å². The smallest absolute Gasteiger partial charge is 0.339 e. The quantitative estimate of drug-likeness (QED) is 0.781. The van der Waals surface area contributed by atoms with Gasteiger partial charge in [0.25, 0.3) is 0 Å². The number of carbonyl (C=O) groups excluding carboxylic acids is 1. The molecule has 1 heterocycles. The summed E-state index contributed by atoms with van der Waals surface area (Å²) >= 11 is 0. The van der Waals surface area contributed by atoms with E-state index in [9.17, 15) is 26.4 Å². The Morgan fingerprint density at radius 1 is 1.19 bits per heavy atom. The van der Waals surface area contributed by atoms with E-state index < -0.39 is 39.1 Å². The Kier molecular flexibility index (Phi) is 6.87. The van der Waals surface area contributed by atoms with Crippen LogP contribution in [0.3, 0.4) is 0 Å². The summed E-state index contributed by atoms with van der Waals surface area (Å²) in [5.74, 6) is 0.126. The number of halogens is 3. The molecule has 2 rings (SSSR count). The van der Waals surface area contributed by atoms with Gasteiger partial charge in [0.2, 0.25) is 15.9 Å². The second kappa shape index (κ2) is 8.57. The van der Waals surface area contributed by atoms with Gasteiger partial charge in [0.1, 0.15) is 0 Å². The van der Waals surface area contributed by atoms with Gasteiger partial charge in [0.05, 0.1) is 17.0 Å². The molecular weight excluding hydrogens is 383 g/mol. The summed E-state index contributed by atoms with van der Waals surface area (Å²) in [6.45, 7) is 7.09. The first-order valence-electron chi connectivity index (χ1n) is 8.66. The van der Waals surface area contributed by atoms with Gasteiger partial charge in [-0.25, -0.2) is 13.1 Å². The summed E-state index contributed by atoms with van der Waals surface area (Å²) in [6, 6.07) is 3.43. The van der Waals surface area contributed by atoms with Gasteiger partial charge >= 0.3 is 6.18 Å². The van der Waals surface area contributed by atoms with Crippen LogP contribution in [0.4, 0.5) is 13.2 Å². The number of rotatable bonds is 6. The fourth-order valence-corrected chi connectivity index (χ4v) is 3.91. The van der Waals surface area contributed by atoms with E-state index in [2.05, 4.69) is 23.5 Å². The van der Waals surface area contributed by atoms with Gasteiger partial charge in [-0.3, -0.25) is 9.69 Å². The maximum absolute atomic E-state index is 12.7. The molecule has 1 fully saturated rings. The summed E-state index contributed by atoms with van der Waals surface area (Å²) in [5, 5.41) is 0. The lowest BCUT2D eigenvalue weighted by Gasteiger charge is -2.35. The van der Waals surface area contributed by atoms with Crippen molar-refractivity contribution >= 4 is 15.9 Å². The molecule has 0 saturated carbocycles. The molecule has 0 unspecified atom stereocenters. The minimum absolute atomic E-state index is 0.394. The second-order valence-corrected chi connectivity index (χ2v) is 8.69. The molecule has 1 aromatic carbocycles. The normalized spacial score (nSPS) is 16.7. The number of hydrogen-bond acceptors (Lipinski definition) is 4. The van der Waals surface area contributed by atoms with Crippen LogP contribution in [0.2, 0.25) is 0 Å². The molecule has 0 aromatic heterocycles. The van der Waals surface area contributed by atoms with Crippen molar-refractivity contribution in [2.24, 2.45) is 5.92 Å². The molecule has 6 nitrogen and oxygen atoms in total. The average Bonchev–Trinajstić information content (AvgIpc) is 2.59. The lowest BCUT2D eigenvalue weighted by molar-refractivity contribution is -0.137. The molecule has 0 bridgehead atoms. The van der Waals surface area contributed by atoms with E-state index in [1.807, 2.05) is 0 Å². The van der Waals surface area contributed by atoms with Gasteiger partial charge < -0.3 is 4.90 Å². The zero-order valence-electron chi connectivity index (χ0n) is 15.3. The van der Waals surface area contributed by atoms with Gasteiger partial charge in [-0.2, -0.15) is 13.2 Å². The highest BCUT2D eigenvalue weighted by Gasteiger charge is 2.32. The van der Waals surface area contributed by atoms with Crippen molar-refractivity contribution in [1.29, 1.82) is 0 Å². The highest BCUT2D eigenvalue weighted by atomic mass is 32.2. The molecule has 1 aliphatic rings. The number of alkyl halides is 3. The van der Waals surface area contributed by atoms with E-state index >= 15 is 0 Å². The van der Waals surface area contributed by atoms with Crippen LogP contribution in [0.25, 0.3) is 0 Å². The van der Waals surface area contributed by atoms with Crippen LogP contribution in [0.1, 0.15) is 19.4 Å². The van der Waals surface area contributed by atoms with E-state index in [1.165, 1.54) is 0 Å². The van der Waals surface area contributed by atoms with Crippen molar-refractivity contribution in [3.8, 4) is 0 Å². The second-order valence-electron chi connectivity index (χ2n) is 6.93. The number of carbonyl (C=O) groups is 1. The molecule has 27 heavy (non-hydrogen) atoms. The van der Waals surface area contributed by atoms with Crippen LogP contribution in [0, 0.1) is 5.92 Å². The maximum Gasteiger partial charge on any atom is 0.416 e. The van der Waals surface area contributed by atoms with E-state index in [4.69, 9.17) is 0 Å². The van der Waals surface area contributed by atoms with Gasteiger partial charge in [-0.05, 0) is 24.1 Å².